The zero-order chi connectivity index (χ0) is 10.5. The maximum Gasteiger partial charge on any atom is 0.0108 e. The van der Waals surface area contributed by atoms with Gasteiger partial charge in [0.2, 0.25) is 0 Å². The minimum Gasteiger partial charge on any atom is -0.300 e. The summed E-state index contributed by atoms with van der Waals surface area (Å²) in [6.07, 6.45) is 2.77. The molecular formula is C13H19NS. The van der Waals surface area contributed by atoms with Gasteiger partial charge in [0, 0.05) is 23.2 Å². The van der Waals surface area contributed by atoms with Crippen molar-refractivity contribution in [3.05, 3.63) is 30.3 Å². The number of nitrogens with zero attached hydrogens (tertiary/aromatic N) is 1. The highest BCUT2D eigenvalue weighted by atomic mass is 32.2. The molecule has 1 aromatic carbocycles. The van der Waals surface area contributed by atoms with E-state index in [1.807, 2.05) is 11.8 Å². The Bertz CT molecular complexity index is 286. The van der Waals surface area contributed by atoms with Crippen molar-refractivity contribution in [1.29, 1.82) is 0 Å². The SMILES string of the molecule is CC1CCCN1CCSc1ccccc1. The highest BCUT2D eigenvalue weighted by molar-refractivity contribution is 7.99. The molecule has 1 fully saturated rings. The standard InChI is InChI=1S/C13H19NS/c1-12-6-5-9-14(12)10-11-15-13-7-3-2-4-8-13/h2-4,7-8,12H,5-6,9-11H2,1H3. The lowest BCUT2D eigenvalue weighted by Gasteiger charge is -2.20. The highest BCUT2D eigenvalue weighted by Gasteiger charge is 2.18. The molecule has 1 aliphatic rings. The van der Waals surface area contributed by atoms with Crippen molar-refractivity contribution in [2.24, 2.45) is 0 Å². The topological polar surface area (TPSA) is 3.24 Å². The van der Waals surface area contributed by atoms with Crippen LogP contribution in [-0.4, -0.2) is 29.8 Å². The summed E-state index contributed by atoms with van der Waals surface area (Å²) in [5.74, 6) is 1.22. The Balaban J connectivity index is 1.71. The third-order valence-corrected chi connectivity index (χ3v) is 4.07. The fourth-order valence-corrected chi connectivity index (χ4v) is 3.03. The van der Waals surface area contributed by atoms with Gasteiger partial charge in [-0.15, -0.1) is 11.8 Å². The van der Waals surface area contributed by atoms with E-state index in [1.165, 1.54) is 36.6 Å². The van der Waals surface area contributed by atoms with E-state index in [4.69, 9.17) is 0 Å². The zero-order valence-electron chi connectivity index (χ0n) is 9.36. The predicted molar refractivity (Wildman–Crippen MR) is 67.4 cm³/mol. The van der Waals surface area contributed by atoms with Crippen LogP contribution in [0.2, 0.25) is 0 Å². The molecule has 0 bridgehead atoms. The lowest BCUT2D eigenvalue weighted by Crippen LogP contribution is -2.28. The van der Waals surface area contributed by atoms with Crippen molar-refractivity contribution in [1.82, 2.24) is 4.90 Å². The summed E-state index contributed by atoms with van der Waals surface area (Å²) >= 11 is 1.97. The van der Waals surface area contributed by atoms with E-state index in [2.05, 4.69) is 42.2 Å². The summed E-state index contributed by atoms with van der Waals surface area (Å²) in [7, 11) is 0. The zero-order valence-corrected chi connectivity index (χ0v) is 10.2. The third-order valence-electron chi connectivity index (χ3n) is 3.08. The van der Waals surface area contributed by atoms with E-state index in [1.54, 1.807) is 0 Å². The van der Waals surface area contributed by atoms with Crippen molar-refractivity contribution in [2.75, 3.05) is 18.8 Å². The Morgan fingerprint density at radius 3 is 2.80 bits per heavy atom. The van der Waals surface area contributed by atoms with Gasteiger partial charge in [0.25, 0.3) is 0 Å². The summed E-state index contributed by atoms with van der Waals surface area (Å²) in [5.41, 5.74) is 0. The molecule has 0 radical (unpaired) electrons. The molecule has 0 spiro atoms. The Kier molecular flexibility index (Phi) is 4.09. The Morgan fingerprint density at radius 2 is 2.13 bits per heavy atom. The van der Waals surface area contributed by atoms with Crippen molar-refractivity contribution in [3.8, 4) is 0 Å². The van der Waals surface area contributed by atoms with Gasteiger partial charge in [0.05, 0.1) is 0 Å². The number of hydrogen-bond donors (Lipinski definition) is 0. The largest absolute Gasteiger partial charge is 0.300 e. The van der Waals surface area contributed by atoms with E-state index in [-0.39, 0.29) is 0 Å². The quantitative estimate of drug-likeness (QED) is 0.718. The maximum absolute atomic E-state index is 2.61. The molecule has 1 atom stereocenters. The molecule has 1 saturated heterocycles. The maximum atomic E-state index is 2.61. The van der Waals surface area contributed by atoms with Crippen LogP contribution in [0.3, 0.4) is 0 Å². The van der Waals surface area contributed by atoms with Gasteiger partial charge in [0.1, 0.15) is 0 Å². The van der Waals surface area contributed by atoms with Crippen LogP contribution < -0.4 is 0 Å². The second-order valence-corrected chi connectivity index (χ2v) is 5.36. The minimum absolute atomic E-state index is 0.807. The fraction of sp³-hybridized carbons (Fsp3) is 0.538. The number of benzene rings is 1. The molecule has 1 nitrogen and oxygen atoms in total. The molecule has 0 amide bonds. The monoisotopic (exact) mass is 221 g/mol. The smallest absolute Gasteiger partial charge is 0.0108 e. The molecule has 0 saturated carbocycles. The summed E-state index contributed by atoms with van der Waals surface area (Å²) in [5, 5.41) is 0. The average molecular weight is 221 g/mol. The van der Waals surface area contributed by atoms with Crippen molar-refractivity contribution in [3.63, 3.8) is 0 Å². The Labute approximate surface area is 96.9 Å². The van der Waals surface area contributed by atoms with Crippen LogP contribution in [0.1, 0.15) is 19.8 Å². The van der Waals surface area contributed by atoms with Gasteiger partial charge in [-0.2, -0.15) is 0 Å². The average Bonchev–Trinajstić information content (AvgIpc) is 2.66. The third kappa shape index (κ3) is 3.25. The first kappa shape index (κ1) is 11.0. The summed E-state index contributed by atoms with van der Waals surface area (Å²) < 4.78 is 0. The Hall–Kier alpha value is -0.470. The van der Waals surface area contributed by atoms with Crippen LogP contribution in [0.15, 0.2) is 35.2 Å². The normalized spacial score (nSPS) is 22.1. The highest BCUT2D eigenvalue weighted by Crippen LogP contribution is 2.20. The summed E-state index contributed by atoms with van der Waals surface area (Å²) in [6, 6.07) is 11.5. The van der Waals surface area contributed by atoms with E-state index >= 15 is 0 Å². The molecule has 0 N–H and O–H groups in total. The fourth-order valence-electron chi connectivity index (χ4n) is 2.12. The molecule has 82 valence electrons. The van der Waals surface area contributed by atoms with Gasteiger partial charge in [-0.3, -0.25) is 4.90 Å². The first-order chi connectivity index (χ1) is 7.36. The second-order valence-electron chi connectivity index (χ2n) is 4.19. The number of likely N-dealkylation sites (tertiary alicyclic amines) is 1. The van der Waals surface area contributed by atoms with Gasteiger partial charge in [-0.25, -0.2) is 0 Å². The van der Waals surface area contributed by atoms with Crippen LogP contribution in [0.5, 0.6) is 0 Å². The molecule has 2 heteroatoms. The van der Waals surface area contributed by atoms with Crippen molar-refractivity contribution in [2.45, 2.75) is 30.7 Å². The van der Waals surface area contributed by atoms with Crippen LogP contribution in [0.4, 0.5) is 0 Å². The van der Waals surface area contributed by atoms with Crippen LogP contribution in [-0.2, 0) is 0 Å². The van der Waals surface area contributed by atoms with Crippen LogP contribution in [0, 0.1) is 0 Å². The summed E-state index contributed by atoms with van der Waals surface area (Å²) in [4.78, 5) is 4.00. The van der Waals surface area contributed by atoms with E-state index in [9.17, 15) is 0 Å². The lowest BCUT2D eigenvalue weighted by molar-refractivity contribution is 0.286. The molecule has 1 aliphatic heterocycles. The molecule has 1 unspecified atom stereocenters. The molecule has 1 aromatic rings. The molecular weight excluding hydrogens is 202 g/mol. The van der Waals surface area contributed by atoms with Crippen LogP contribution >= 0.6 is 11.8 Å². The number of thioether (sulfide) groups is 1. The van der Waals surface area contributed by atoms with E-state index in [0.29, 0.717) is 0 Å². The first-order valence-electron chi connectivity index (χ1n) is 5.78. The first-order valence-corrected chi connectivity index (χ1v) is 6.77. The van der Waals surface area contributed by atoms with Crippen LogP contribution in [0.25, 0.3) is 0 Å². The van der Waals surface area contributed by atoms with Crippen molar-refractivity contribution < 1.29 is 0 Å². The van der Waals surface area contributed by atoms with Gasteiger partial charge in [0.15, 0.2) is 0 Å². The van der Waals surface area contributed by atoms with Gasteiger partial charge in [-0.05, 0) is 38.4 Å². The van der Waals surface area contributed by atoms with Gasteiger partial charge in [-0.1, -0.05) is 18.2 Å². The molecule has 0 aliphatic carbocycles. The number of hydrogen-bond acceptors (Lipinski definition) is 2. The minimum atomic E-state index is 0.807. The molecule has 2 rings (SSSR count). The summed E-state index contributed by atoms with van der Waals surface area (Å²) in [6.45, 7) is 4.89. The second kappa shape index (κ2) is 5.57. The number of rotatable bonds is 4. The molecule has 1 heterocycles. The van der Waals surface area contributed by atoms with Gasteiger partial charge < -0.3 is 0 Å². The molecule has 15 heavy (non-hydrogen) atoms. The van der Waals surface area contributed by atoms with Gasteiger partial charge >= 0.3 is 0 Å². The van der Waals surface area contributed by atoms with Crippen molar-refractivity contribution >= 4 is 11.8 Å². The van der Waals surface area contributed by atoms with E-state index < -0.39 is 0 Å². The van der Waals surface area contributed by atoms with E-state index in [0.717, 1.165) is 6.04 Å². The Morgan fingerprint density at radius 1 is 1.33 bits per heavy atom. The molecule has 0 aromatic heterocycles. The predicted octanol–water partition coefficient (Wildman–Crippen LogP) is 3.26. The lowest BCUT2D eigenvalue weighted by atomic mass is 10.2.